The van der Waals surface area contributed by atoms with Crippen molar-refractivity contribution in [3.05, 3.63) is 102 Å². The van der Waals surface area contributed by atoms with E-state index in [2.05, 4.69) is 11.1 Å². The number of nitrogens with one attached hydrogen (secondary N) is 1. The average Bonchev–Trinajstić information content (AvgIpc) is 3.69. The Morgan fingerprint density at radius 3 is 2.55 bits per heavy atom. The number of carbonyl (C=O) groups excluding carboxylic acids is 2. The zero-order valence-corrected chi connectivity index (χ0v) is 21.5. The third-order valence-corrected chi connectivity index (χ3v) is 6.91. The van der Waals surface area contributed by atoms with Gasteiger partial charge in [-0.2, -0.15) is 0 Å². The van der Waals surface area contributed by atoms with Crippen molar-refractivity contribution in [3.63, 3.8) is 0 Å². The molecule has 5 rings (SSSR count). The van der Waals surface area contributed by atoms with E-state index in [0.717, 1.165) is 40.6 Å². The van der Waals surface area contributed by atoms with Crippen molar-refractivity contribution in [2.45, 2.75) is 38.8 Å². The number of carbonyl (C=O) groups is 2. The molecule has 1 aromatic heterocycles. The van der Waals surface area contributed by atoms with Gasteiger partial charge in [-0.25, -0.2) is 4.39 Å². The van der Waals surface area contributed by atoms with Gasteiger partial charge in [0.05, 0.1) is 6.61 Å². The van der Waals surface area contributed by atoms with E-state index in [-0.39, 0.29) is 30.0 Å². The number of hydrogen-bond acceptors (Lipinski definition) is 3. The lowest BCUT2D eigenvalue weighted by Crippen LogP contribution is -2.44. The number of aromatic nitrogens is 1. The van der Waals surface area contributed by atoms with Crippen LogP contribution in [0.3, 0.4) is 0 Å². The van der Waals surface area contributed by atoms with Crippen LogP contribution >= 0.6 is 0 Å². The molecule has 3 aromatic carbocycles. The molecule has 0 atom stereocenters. The predicted octanol–water partition coefficient (Wildman–Crippen LogP) is 5.58. The molecule has 196 valence electrons. The first-order valence-electron chi connectivity index (χ1n) is 13.1. The standard InChI is InChI=1S/C31H32FN3O3/c1-2-38-27-14-10-22(11-15-27)20-34(17-16-24-19-33-29-9-4-3-8-28(24)29)30(36)21-35(26-12-13-26)31(37)23-6-5-7-25(32)18-23/h3-11,14-15,18-19,26,33H,2,12-13,16-17,20-21H2,1H3. The lowest BCUT2D eigenvalue weighted by molar-refractivity contribution is -0.132. The summed E-state index contributed by atoms with van der Waals surface area (Å²) in [5.41, 5.74) is 3.45. The van der Waals surface area contributed by atoms with Crippen molar-refractivity contribution in [1.29, 1.82) is 0 Å². The number of benzene rings is 3. The number of hydrogen-bond donors (Lipinski definition) is 1. The maximum absolute atomic E-state index is 13.8. The molecule has 1 fully saturated rings. The molecular weight excluding hydrogens is 481 g/mol. The van der Waals surface area contributed by atoms with E-state index in [1.54, 1.807) is 11.0 Å². The molecule has 7 heteroatoms. The minimum atomic E-state index is -0.464. The van der Waals surface area contributed by atoms with Gasteiger partial charge in [-0.1, -0.05) is 36.4 Å². The van der Waals surface area contributed by atoms with Crippen molar-refractivity contribution in [2.75, 3.05) is 19.7 Å². The molecule has 2 amide bonds. The van der Waals surface area contributed by atoms with E-state index in [9.17, 15) is 14.0 Å². The van der Waals surface area contributed by atoms with Gasteiger partial charge >= 0.3 is 0 Å². The average molecular weight is 514 g/mol. The Kier molecular flexibility index (Phi) is 7.73. The number of amides is 2. The van der Waals surface area contributed by atoms with Gasteiger partial charge in [-0.05, 0) is 73.7 Å². The summed E-state index contributed by atoms with van der Waals surface area (Å²) in [5, 5.41) is 1.14. The Bertz CT molecular complexity index is 1410. The topological polar surface area (TPSA) is 65.6 Å². The highest BCUT2D eigenvalue weighted by atomic mass is 19.1. The monoisotopic (exact) mass is 513 g/mol. The Hall–Kier alpha value is -4.13. The smallest absolute Gasteiger partial charge is 0.254 e. The number of ether oxygens (including phenoxy) is 1. The van der Waals surface area contributed by atoms with Crippen molar-refractivity contribution in [3.8, 4) is 5.75 Å². The molecule has 1 saturated carbocycles. The van der Waals surface area contributed by atoms with Gasteiger partial charge in [0.1, 0.15) is 18.1 Å². The van der Waals surface area contributed by atoms with E-state index < -0.39 is 5.82 Å². The van der Waals surface area contributed by atoms with Crippen LogP contribution in [0.2, 0.25) is 0 Å². The van der Waals surface area contributed by atoms with Crippen molar-refractivity contribution >= 4 is 22.7 Å². The number of halogens is 1. The SMILES string of the molecule is CCOc1ccc(CN(CCc2c[nH]c3ccccc23)C(=O)CN(C(=O)c2cccc(F)c2)C2CC2)cc1. The molecule has 0 bridgehead atoms. The van der Waals surface area contributed by atoms with Crippen LogP contribution in [0.1, 0.15) is 41.3 Å². The molecule has 0 radical (unpaired) electrons. The zero-order chi connectivity index (χ0) is 26.5. The van der Waals surface area contributed by atoms with Crippen LogP contribution in [0.5, 0.6) is 5.75 Å². The molecule has 0 aliphatic heterocycles. The van der Waals surface area contributed by atoms with Gasteiger partial charge in [-0.15, -0.1) is 0 Å². The minimum absolute atomic E-state index is 0.00987. The summed E-state index contributed by atoms with van der Waals surface area (Å²) in [4.78, 5) is 33.7. The lowest BCUT2D eigenvalue weighted by Gasteiger charge is -2.28. The molecule has 0 unspecified atom stereocenters. The third-order valence-electron chi connectivity index (χ3n) is 6.91. The van der Waals surface area contributed by atoms with Gasteiger partial charge in [0.15, 0.2) is 0 Å². The van der Waals surface area contributed by atoms with Crippen LogP contribution in [-0.2, 0) is 17.8 Å². The van der Waals surface area contributed by atoms with Gasteiger partial charge in [0, 0.05) is 41.8 Å². The third kappa shape index (κ3) is 6.05. The molecule has 6 nitrogen and oxygen atoms in total. The van der Waals surface area contributed by atoms with Crippen LogP contribution in [0, 0.1) is 5.82 Å². The molecule has 1 heterocycles. The van der Waals surface area contributed by atoms with E-state index in [4.69, 9.17) is 4.74 Å². The molecule has 1 N–H and O–H groups in total. The first kappa shape index (κ1) is 25.5. The van der Waals surface area contributed by atoms with Crippen LogP contribution in [0.15, 0.2) is 79.0 Å². The maximum Gasteiger partial charge on any atom is 0.254 e. The summed E-state index contributed by atoms with van der Waals surface area (Å²) in [7, 11) is 0. The molecule has 38 heavy (non-hydrogen) atoms. The van der Waals surface area contributed by atoms with Gasteiger partial charge in [-0.3, -0.25) is 9.59 Å². The normalized spacial score (nSPS) is 12.9. The van der Waals surface area contributed by atoms with E-state index in [1.165, 1.54) is 18.2 Å². The van der Waals surface area contributed by atoms with Gasteiger partial charge in [0.2, 0.25) is 5.91 Å². The summed E-state index contributed by atoms with van der Waals surface area (Å²) in [5.74, 6) is -0.115. The summed E-state index contributed by atoms with van der Waals surface area (Å²) in [6, 6.07) is 21.5. The molecule has 4 aromatic rings. The molecule has 1 aliphatic rings. The molecule has 0 saturated heterocycles. The van der Waals surface area contributed by atoms with Crippen molar-refractivity contribution in [1.82, 2.24) is 14.8 Å². The first-order chi connectivity index (χ1) is 18.5. The Labute approximate surface area is 222 Å². The van der Waals surface area contributed by atoms with E-state index in [0.29, 0.717) is 26.1 Å². The minimum Gasteiger partial charge on any atom is -0.494 e. The summed E-state index contributed by atoms with van der Waals surface area (Å²) < 4.78 is 19.4. The second-order valence-corrected chi connectivity index (χ2v) is 9.68. The Balaban J connectivity index is 1.35. The number of fused-ring (bicyclic) bond motifs is 1. The first-order valence-corrected chi connectivity index (χ1v) is 13.1. The number of para-hydroxylation sites is 1. The summed E-state index contributed by atoms with van der Waals surface area (Å²) >= 11 is 0. The number of aromatic amines is 1. The molecule has 0 spiro atoms. The zero-order valence-electron chi connectivity index (χ0n) is 21.5. The fourth-order valence-corrected chi connectivity index (χ4v) is 4.75. The second-order valence-electron chi connectivity index (χ2n) is 9.68. The molecule has 1 aliphatic carbocycles. The fourth-order valence-electron chi connectivity index (χ4n) is 4.75. The Morgan fingerprint density at radius 1 is 1.03 bits per heavy atom. The fraction of sp³-hybridized carbons (Fsp3) is 0.290. The largest absolute Gasteiger partial charge is 0.494 e. The predicted molar refractivity (Wildman–Crippen MR) is 145 cm³/mol. The second kappa shape index (κ2) is 11.5. The van der Waals surface area contributed by atoms with Crippen molar-refractivity contribution < 1.29 is 18.7 Å². The highest BCUT2D eigenvalue weighted by molar-refractivity contribution is 5.97. The Morgan fingerprint density at radius 2 is 1.82 bits per heavy atom. The number of nitrogens with zero attached hydrogens (tertiary/aromatic N) is 2. The van der Waals surface area contributed by atoms with Crippen LogP contribution in [-0.4, -0.2) is 52.3 Å². The highest BCUT2D eigenvalue weighted by Gasteiger charge is 2.35. The van der Waals surface area contributed by atoms with Gasteiger partial charge < -0.3 is 19.5 Å². The van der Waals surface area contributed by atoms with Crippen LogP contribution < -0.4 is 4.74 Å². The van der Waals surface area contributed by atoms with E-state index in [1.807, 2.05) is 60.5 Å². The van der Waals surface area contributed by atoms with Gasteiger partial charge in [0.25, 0.3) is 5.91 Å². The number of rotatable bonds is 11. The molecular formula is C31H32FN3O3. The highest BCUT2D eigenvalue weighted by Crippen LogP contribution is 2.29. The quantitative estimate of drug-likeness (QED) is 0.285. The summed E-state index contributed by atoms with van der Waals surface area (Å²) in [6.07, 6.45) is 4.37. The van der Waals surface area contributed by atoms with Crippen LogP contribution in [0.25, 0.3) is 10.9 Å². The van der Waals surface area contributed by atoms with Crippen molar-refractivity contribution in [2.24, 2.45) is 0 Å². The van der Waals surface area contributed by atoms with Crippen LogP contribution in [0.4, 0.5) is 4.39 Å². The van der Waals surface area contributed by atoms with E-state index >= 15 is 0 Å². The summed E-state index contributed by atoms with van der Waals surface area (Å²) in [6.45, 7) is 3.41. The lowest BCUT2D eigenvalue weighted by atomic mass is 10.1. The number of H-pyrrole nitrogens is 1. The maximum atomic E-state index is 13.8.